The number of nitrogens with one attached hydrogen (secondary N) is 2. The average molecular weight is 897 g/mol. The lowest BCUT2D eigenvalue weighted by Crippen LogP contribution is -2.06. The monoisotopic (exact) mass is 895 g/mol. The lowest BCUT2D eigenvalue weighted by Gasteiger charge is -2.18. The summed E-state index contributed by atoms with van der Waals surface area (Å²) in [6.45, 7) is 15.9. The fraction of sp³-hybridized carbons (Fsp3) is 0.553. The summed E-state index contributed by atoms with van der Waals surface area (Å²) in [6.07, 6.45) is 15.5. The zero-order chi connectivity index (χ0) is 41.4. The maximum absolute atomic E-state index is 5.09. The summed E-state index contributed by atoms with van der Waals surface area (Å²) in [7, 11) is 0. The predicted octanol–water partition coefficient (Wildman–Crippen LogP) is 16.9. The highest BCUT2D eigenvalue weighted by Gasteiger charge is 2.18. The van der Waals surface area contributed by atoms with Gasteiger partial charge in [-0.25, -0.2) is 0 Å². The quantitative estimate of drug-likeness (QED) is 0.0389. The van der Waals surface area contributed by atoms with E-state index in [0.29, 0.717) is 17.7 Å². The zero-order valence-electron chi connectivity index (χ0n) is 36.3. The molecule has 0 saturated carbocycles. The van der Waals surface area contributed by atoms with Crippen molar-refractivity contribution in [1.29, 1.82) is 0 Å². The molecule has 0 saturated heterocycles. The Labute approximate surface area is 378 Å². The summed E-state index contributed by atoms with van der Waals surface area (Å²) in [5, 5.41) is 7.40. The minimum atomic E-state index is 0.550. The molecule has 0 atom stereocenters. The number of rotatable bonds is 30. The fourth-order valence-electron chi connectivity index (χ4n) is 5.72. The Morgan fingerprint density at radius 1 is 0.414 bits per heavy atom. The summed E-state index contributed by atoms with van der Waals surface area (Å²) < 4.78 is 0. The van der Waals surface area contributed by atoms with E-state index in [-0.39, 0.29) is 0 Å². The molecule has 11 heteroatoms. The second-order valence-electron chi connectivity index (χ2n) is 14.4. The van der Waals surface area contributed by atoms with E-state index in [0.717, 1.165) is 57.9 Å². The van der Waals surface area contributed by atoms with Gasteiger partial charge in [0.25, 0.3) is 0 Å². The first-order chi connectivity index (χ1) is 28.5. The molecule has 0 unspecified atom stereocenters. The Balaban J connectivity index is 1.81. The van der Waals surface area contributed by atoms with Crippen LogP contribution >= 0.6 is 70.6 Å². The van der Waals surface area contributed by atoms with E-state index in [4.69, 9.17) is 15.0 Å². The van der Waals surface area contributed by atoms with Crippen LogP contribution in [0, 0.1) is 0 Å². The summed E-state index contributed by atoms with van der Waals surface area (Å²) in [6, 6.07) is 18.0. The fourth-order valence-corrected chi connectivity index (χ4v) is 13.8. The number of hydrogen-bond acceptors (Lipinski definition) is 11. The molecule has 0 amide bonds. The normalized spacial score (nSPS) is 11.4. The first kappa shape index (κ1) is 49.0. The van der Waals surface area contributed by atoms with Gasteiger partial charge in [0.2, 0.25) is 11.9 Å². The number of hydrogen-bond donors (Lipinski definition) is 2. The van der Waals surface area contributed by atoms with Crippen LogP contribution in [0.2, 0.25) is 0 Å². The molecule has 318 valence electrons. The van der Waals surface area contributed by atoms with Crippen molar-refractivity contribution in [2.45, 2.75) is 161 Å². The smallest absolute Gasteiger partial charge is 0.232 e. The first-order valence-corrected chi connectivity index (χ1v) is 27.9. The summed E-state index contributed by atoms with van der Waals surface area (Å²) in [5.41, 5.74) is 4.33. The molecule has 1 aromatic heterocycles. The maximum atomic E-state index is 5.09. The van der Waals surface area contributed by atoms with E-state index in [1.165, 1.54) is 112 Å². The molecule has 2 N–H and O–H groups in total. The average Bonchev–Trinajstić information content (AvgIpc) is 3.23. The highest BCUT2D eigenvalue weighted by atomic mass is 32.2. The van der Waals surface area contributed by atoms with Crippen molar-refractivity contribution in [2.24, 2.45) is 0 Å². The first-order valence-electron chi connectivity index (χ1n) is 22.0. The van der Waals surface area contributed by atoms with Gasteiger partial charge < -0.3 is 10.6 Å². The van der Waals surface area contributed by atoms with Crippen LogP contribution in [-0.4, -0.2) is 49.5 Å². The van der Waals surface area contributed by atoms with Crippen LogP contribution in [0.1, 0.15) is 131 Å². The Kier molecular flexibility index (Phi) is 24.4. The van der Waals surface area contributed by atoms with E-state index in [1.54, 1.807) is 0 Å². The molecule has 1 heterocycles. The van der Waals surface area contributed by atoms with Gasteiger partial charge in [-0.3, -0.25) is 0 Å². The van der Waals surface area contributed by atoms with Crippen molar-refractivity contribution in [3.05, 3.63) is 54.1 Å². The minimum absolute atomic E-state index is 0.550. The minimum Gasteiger partial charge on any atom is -0.324 e. The van der Waals surface area contributed by atoms with Gasteiger partial charge in [0.15, 0.2) is 5.82 Å². The number of benzene rings is 3. The molecular formula is C47H69N5S6. The summed E-state index contributed by atoms with van der Waals surface area (Å²) >= 11 is 12.0. The Hall–Kier alpha value is -1.63. The highest BCUT2D eigenvalue weighted by molar-refractivity contribution is 8.04. The van der Waals surface area contributed by atoms with Gasteiger partial charge >= 0.3 is 0 Å². The molecule has 3 aromatic carbocycles. The lowest BCUT2D eigenvalue weighted by molar-refractivity contribution is 0.889. The third-order valence-electron chi connectivity index (χ3n) is 9.32. The second kappa shape index (κ2) is 28.8. The molecule has 5 nitrogen and oxygen atoms in total. The van der Waals surface area contributed by atoms with Crippen molar-refractivity contribution >= 4 is 93.8 Å². The van der Waals surface area contributed by atoms with E-state index in [9.17, 15) is 0 Å². The van der Waals surface area contributed by atoms with Gasteiger partial charge in [-0.05, 0) is 109 Å². The number of nitrogens with zero attached hydrogens (tertiary/aromatic N) is 3. The zero-order valence-corrected chi connectivity index (χ0v) is 41.2. The van der Waals surface area contributed by atoms with Crippen molar-refractivity contribution in [2.75, 3.05) is 45.2 Å². The van der Waals surface area contributed by atoms with Crippen LogP contribution in [0.15, 0.2) is 77.9 Å². The highest BCUT2D eigenvalue weighted by Crippen LogP contribution is 2.44. The molecule has 4 aromatic rings. The maximum Gasteiger partial charge on any atom is 0.232 e. The van der Waals surface area contributed by atoms with Gasteiger partial charge in [-0.1, -0.05) is 111 Å². The van der Waals surface area contributed by atoms with Crippen LogP contribution in [0.5, 0.6) is 0 Å². The molecule has 4 rings (SSSR count). The Morgan fingerprint density at radius 2 is 0.741 bits per heavy atom. The van der Waals surface area contributed by atoms with Crippen molar-refractivity contribution < 1.29 is 0 Å². The van der Waals surface area contributed by atoms with Gasteiger partial charge in [0, 0.05) is 46.3 Å². The largest absolute Gasteiger partial charge is 0.324 e. The van der Waals surface area contributed by atoms with Gasteiger partial charge in [-0.2, -0.15) is 15.0 Å². The van der Waals surface area contributed by atoms with Crippen LogP contribution < -0.4 is 10.6 Å². The lowest BCUT2D eigenvalue weighted by atomic mass is 10.1. The molecule has 0 aliphatic heterocycles. The van der Waals surface area contributed by atoms with E-state index in [2.05, 4.69) is 108 Å². The van der Waals surface area contributed by atoms with Gasteiger partial charge in [0.1, 0.15) is 0 Å². The SMILES string of the molecule is CCCCSc1cc(Nc2nc(Nc3cc(SCCCC)c(SCCCC)c(SCCCC)c3)nc(-c3ccc(CC)cc3)n2)cc(SCCCC)c1SCCCC. The van der Waals surface area contributed by atoms with Gasteiger partial charge in [-0.15, -0.1) is 70.6 Å². The number of aryl methyl sites for hydroxylation is 1. The van der Waals surface area contributed by atoms with E-state index < -0.39 is 0 Å². The number of thioether (sulfide) groups is 6. The molecule has 0 fully saturated rings. The molecule has 0 aliphatic rings. The van der Waals surface area contributed by atoms with Crippen molar-refractivity contribution in [3.8, 4) is 11.4 Å². The van der Waals surface area contributed by atoms with Crippen molar-refractivity contribution in [1.82, 2.24) is 15.0 Å². The second-order valence-corrected chi connectivity index (χ2v) is 21.2. The summed E-state index contributed by atoms with van der Waals surface area (Å²) in [4.78, 5) is 23.6. The van der Waals surface area contributed by atoms with Crippen LogP contribution in [0.3, 0.4) is 0 Å². The van der Waals surface area contributed by atoms with Crippen molar-refractivity contribution in [3.63, 3.8) is 0 Å². The van der Waals surface area contributed by atoms with Gasteiger partial charge in [0.05, 0.1) is 0 Å². The third kappa shape index (κ3) is 16.7. The third-order valence-corrected chi connectivity index (χ3v) is 16.8. The molecule has 0 spiro atoms. The number of unbranched alkanes of at least 4 members (excludes halogenated alkanes) is 6. The van der Waals surface area contributed by atoms with Crippen LogP contribution in [-0.2, 0) is 6.42 Å². The van der Waals surface area contributed by atoms with Crippen LogP contribution in [0.25, 0.3) is 11.4 Å². The molecule has 0 aliphatic carbocycles. The molecule has 58 heavy (non-hydrogen) atoms. The van der Waals surface area contributed by atoms with E-state index in [1.807, 2.05) is 70.6 Å². The van der Waals surface area contributed by atoms with E-state index >= 15 is 0 Å². The standard InChI is InChI=1S/C47H69N5S6/c1-8-15-25-53-39-31-37(32-40(54-26-16-9-2)43(39)57-29-19-12-5)48-46-50-45(36-23-21-35(14-7)22-24-36)51-47(52-46)49-38-33-41(55-27-17-10-3)44(58-30-20-13-6)42(34-38)56-28-18-11-4/h21-24,31-34H,8-20,25-30H2,1-7H3,(H2,48,49,50,51,52). The Morgan fingerprint density at radius 3 is 1.05 bits per heavy atom. The summed E-state index contributed by atoms with van der Waals surface area (Å²) in [5.74, 6) is 8.51. The predicted molar refractivity (Wildman–Crippen MR) is 268 cm³/mol. The number of aromatic nitrogens is 3. The molecule has 0 radical (unpaired) electrons. The topological polar surface area (TPSA) is 62.7 Å². The number of anilines is 4. The van der Waals surface area contributed by atoms with Crippen LogP contribution in [0.4, 0.5) is 23.3 Å². The molecule has 0 bridgehead atoms. The molecular weight excluding hydrogens is 827 g/mol. The Bertz CT molecular complexity index is 1610.